The Hall–Kier alpha value is -3.74. The molecule has 1 saturated heterocycles. The van der Waals surface area contributed by atoms with Crippen LogP contribution in [0.4, 0.5) is 25.1 Å². The maximum absolute atomic E-state index is 13.2. The number of hydrogen-bond acceptors (Lipinski definition) is 8. The summed E-state index contributed by atoms with van der Waals surface area (Å²) in [7, 11) is -1.64. The second-order valence-electron chi connectivity index (χ2n) is 9.40. The SMILES string of the molecule is CNc1nc(-c2ccc(S(C)(=O)=O)cc2)nc(N2CCC(CC(=O)NCc3ccccc3C(F)(F)F)CC2)n1. The van der Waals surface area contributed by atoms with Crippen molar-refractivity contribution in [1.82, 2.24) is 20.3 Å². The van der Waals surface area contributed by atoms with Crippen LogP contribution in [-0.4, -0.2) is 55.7 Å². The van der Waals surface area contributed by atoms with Gasteiger partial charge in [-0.25, -0.2) is 8.42 Å². The van der Waals surface area contributed by atoms with Crippen LogP contribution in [-0.2, 0) is 27.4 Å². The van der Waals surface area contributed by atoms with Crippen LogP contribution < -0.4 is 15.5 Å². The van der Waals surface area contributed by atoms with Crippen molar-refractivity contribution in [1.29, 1.82) is 0 Å². The van der Waals surface area contributed by atoms with E-state index in [9.17, 15) is 26.4 Å². The Labute approximate surface area is 224 Å². The number of nitrogens with one attached hydrogen (secondary N) is 2. The van der Waals surface area contributed by atoms with Crippen molar-refractivity contribution in [2.45, 2.75) is 36.9 Å². The fourth-order valence-corrected chi connectivity index (χ4v) is 5.05. The summed E-state index contributed by atoms with van der Waals surface area (Å²) in [4.78, 5) is 28.1. The Morgan fingerprint density at radius 3 is 2.31 bits per heavy atom. The molecule has 2 N–H and O–H groups in total. The quantitative estimate of drug-likeness (QED) is 0.424. The predicted molar refractivity (Wildman–Crippen MR) is 141 cm³/mol. The lowest BCUT2D eigenvalue weighted by Gasteiger charge is -2.32. The lowest BCUT2D eigenvalue weighted by atomic mass is 9.93. The molecule has 0 spiro atoms. The van der Waals surface area contributed by atoms with E-state index in [-0.39, 0.29) is 35.2 Å². The van der Waals surface area contributed by atoms with Crippen molar-refractivity contribution in [3.8, 4) is 11.4 Å². The Morgan fingerprint density at radius 1 is 1.03 bits per heavy atom. The van der Waals surface area contributed by atoms with Crippen LogP contribution in [0.15, 0.2) is 53.4 Å². The molecule has 0 radical (unpaired) electrons. The largest absolute Gasteiger partial charge is 0.416 e. The molecular formula is C26H29F3N6O3S. The van der Waals surface area contributed by atoms with Gasteiger partial charge >= 0.3 is 6.18 Å². The zero-order valence-electron chi connectivity index (χ0n) is 21.5. The molecule has 2 aromatic carbocycles. The number of alkyl halides is 3. The Kier molecular flexibility index (Phi) is 8.38. The van der Waals surface area contributed by atoms with Crippen molar-refractivity contribution in [2.75, 3.05) is 36.6 Å². The van der Waals surface area contributed by atoms with Crippen molar-refractivity contribution in [2.24, 2.45) is 5.92 Å². The van der Waals surface area contributed by atoms with Gasteiger partial charge in [-0.3, -0.25) is 4.79 Å². The van der Waals surface area contributed by atoms with Gasteiger partial charge < -0.3 is 15.5 Å². The minimum atomic E-state index is -4.48. The zero-order valence-corrected chi connectivity index (χ0v) is 22.3. The van der Waals surface area contributed by atoms with Gasteiger partial charge in [0.25, 0.3) is 0 Å². The monoisotopic (exact) mass is 562 g/mol. The standard InChI is InChI=1S/C26H29F3N6O3S/c1-30-24-32-23(18-7-9-20(10-8-18)39(2,37)38)33-25(34-24)35-13-11-17(12-14-35)15-22(36)31-16-19-5-3-4-6-21(19)26(27,28)29/h3-10,17H,11-16H2,1-2H3,(H,31,36)(H,30,32,33,34). The first-order valence-electron chi connectivity index (χ1n) is 12.3. The summed E-state index contributed by atoms with van der Waals surface area (Å²) in [6.07, 6.45) is -1.74. The van der Waals surface area contributed by atoms with Crippen molar-refractivity contribution in [3.05, 3.63) is 59.7 Å². The maximum atomic E-state index is 13.2. The van der Waals surface area contributed by atoms with Gasteiger partial charge in [-0.2, -0.15) is 28.1 Å². The summed E-state index contributed by atoms with van der Waals surface area (Å²) in [5.41, 5.74) is -0.0751. The van der Waals surface area contributed by atoms with Crippen LogP contribution in [0.5, 0.6) is 0 Å². The highest BCUT2D eigenvalue weighted by molar-refractivity contribution is 7.90. The molecule has 1 amide bonds. The van der Waals surface area contributed by atoms with E-state index in [2.05, 4.69) is 25.6 Å². The maximum Gasteiger partial charge on any atom is 0.416 e. The number of aromatic nitrogens is 3. The number of benzene rings is 2. The number of nitrogens with zero attached hydrogens (tertiary/aromatic N) is 4. The van der Waals surface area contributed by atoms with Gasteiger partial charge in [0.15, 0.2) is 15.7 Å². The van der Waals surface area contributed by atoms with Gasteiger partial charge in [0.2, 0.25) is 17.8 Å². The van der Waals surface area contributed by atoms with E-state index < -0.39 is 21.6 Å². The fraction of sp³-hybridized carbons (Fsp3) is 0.385. The first-order valence-corrected chi connectivity index (χ1v) is 14.2. The van der Waals surface area contributed by atoms with E-state index in [0.29, 0.717) is 49.2 Å². The van der Waals surface area contributed by atoms with E-state index in [1.54, 1.807) is 19.2 Å². The summed E-state index contributed by atoms with van der Waals surface area (Å²) >= 11 is 0. The van der Waals surface area contributed by atoms with E-state index >= 15 is 0 Å². The minimum absolute atomic E-state index is 0.0325. The summed E-state index contributed by atoms with van der Waals surface area (Å²) in [5, 5.41) is 5.54. The number of halogens is 3. The number of amides is 1. The zero-order chi connectivity index (χ0) is 28.2. The lowest BCUT2D eigenvalue weighted by Crippen LogP contribution is -2.37. The Morgan fingerprint density at radius 2 is 1.69 bits per heavy atom. The highest BCUT2D eigenvalue weighted by Crippen LogP contribution is 2.32. The Balaban J connectivity index is 1.36. The molecule has 39 heavy (non-hydrogen) atoms. The van der Waals surface area contributed by atoms with Gasteiger partial charge in [0.1, 0.15) is 0 Å². The number of piperidine rings is 1. The van der Waals surface area contributed by atoms with E-state index in [4.69, 9.17) is 0 Å². The molecule has 1 aromatic heterocycles. The Bertz CT molecular complexity index is 1420. The molecule has 1 aliphatic rings. The molecule has 0 bridgehead atoms. The third-order valence-corrected chi connectivity index (χ3v) is 7.69. The van der Waals surface area contributed by atoms with Crippen molar-refractivity contribution < 1.29 is 26.4 Å². The number of carbonyl (C=O) groups is 1. The molecule has 0 saturated carbocycles. The number of hydrogen-bond donors (Lipinski definition) is 2. The smallest absolute Gasteiger partial charge is 0.357 e. The van der Waals surface area contributed by atoms with Crippen molar-refractivity contribution in [3.63, 3.8) is 0 Å². The van der Waals surface area contributed by atoms with Crippen LogP contribution in [0.25, 0.3) is 11.4 Å². The van der Waals surface area contributed by atoms with E-state index in [0.717, 1.165) is 12.3 Å². The second kappa shape index (κ2) is 11.6. The summed E-state index contributed by atoms with van der Waals surface area (Å²) in [6, 6.07) is 11.5. The first-order chi connectivity index (χ1) is 18.4. The summed E-state index contributed by atoms with van der Waals surface area (Å²) in [5.74, 6) is 1.01. The number of carbonyl (C=O) groups excluding carboxylic acids is 1. The van der Waals surface area contributed by atoms with E-state index in [1.807, 2.05) is 4.90 Å². The molecule has 2 heterocycles. The van der Waals surface area contributed by atoms with Gasteiger partial charge in [-0.15, -0.1) is 0 Å². The summed E-state index contributed by atoms with van der Waals surface area (Å²) in [6.45, 7) is 1.00. The lowest BCUT2D eigenvalue weighted by molar-refractivity contribution is -0.138. The van der Waals surface area contributed by atoms with Crippen LogP contribution >= 0.6 is 0 Å². The highest BCUT2D eigenvalue weighted by Gasteiger charge is 2.33. The van der Waals surface area contributed by atoms with Crippen molar-refractivity contribution >= 4 is 27.6 Å². The molecule has 208 valence electrons. The van der Waals surface area contributed by atoms with Crippen LogP contribution in [0, 0.1) is 5.92 Å². The third-order valence-electron chi connectivity index (χ3n) is 6.56. The van der Waals surface area contributed by atoms with Crippen LogP contribution in [0.2, 0.25) is 0 Å². The minimum Gasteiger partial charge on any atom is -0.357 e. The van der Waals surface area contributed by atoms with Crippen LogP contribution in [0.1, 0.15) is 30.4 Å². The van der Waals surface area contributed by atoms with Crippen LogP contribution in [0.3, 0.4) is 0 Å². The normalized spacial score (nSPS) is 14.7. The molecule has 0 atom stereocenters. The topological polar surface area (TPSA) is 117 Å². The van der Waals surface area contributed by atoms with Gasteiger partial charge in [-0.05, 0) is 54.7 Å². The number of anilines is 2. The molecule has 0 unspecified atom stereocenters. The second-order valence-corrected chi connectivity index (χ2v) is 11.4. The molecule has 3 aromatic rings. The molecule has 1 aliphatic heterocycles. The van der Waals surface area contributed by atoms with Gasteiger partial charge in [0, 0.05) is 44.9 Å². The highest BCUT2D eigenvalue weighted by atomic mass is 32.2. The molecule has 4 rings (SSSR count). The molecule has 0 aliphatic carbocycles. The predicted octanol–water partition coefficient (Wildman–Crippen LogP) is 3.93. The van der Waals surface area contributed by atoms with Gasteiger partial charge in [0.05, 0.1) is 10.5 Å². The molecular weight excluding hydrogens is 533 g/mol. The average Bonchev–Trinajstić information content (AvgIpc) is 2.91. The molecule has 9 nitrogen and oxygen atoms in total. The fourth-order valence-electron chi connectivity index (χ4n) is 4.41. The number of rotatable bonds is 8. The molecule has 1 fully saturated rings. The van der Waals surface area contributed by atoms with E-state index in [1.165, 1.54) is 30.3 Å². The van der Waals surface area contributed by atoms with Gasteiger partial charge in [-0.1, -0.05) is 18.2 Å². The average molecular weight is 563 g/mol. The number of sulfone groups is 1. The third kappa shape index (κ3) is 7.22. The summed E-state index contributed by atoms with van der Waals surface area (Å²) < 4.78 is 63.1. The molecule has 13 heteroatoms. The first kappa shape index (κ1) is 28.3.